The van der Waals surface area contributed by atoms with Crippen molar-refractivity contribution in [3.05, 3.63) is 53.3 Å². The molecular formula is C21H28N4O3. The minimum atomic E-state index is -0.372. The molecule has 0 atom stereocenters. The summed E-state index contributed by atoms with van der Waals surface area (Å²) in [5, 5.41) is 4.32. The number of amides is 1. The molecule has 28 heavy (non-hydrogen) atoms. The van der Waals surface area contributed by atoms with Gasteiger partial charge in [-0.2, -0.15) is 5.10 Å². The Morgan fingerprint density at radius 3 is 2.43 bits per heavy atom. The molecule has 1 saturated heterocycles. The van der Waals surface area contributed by atoms with E-state index in [0.29, 0.717) is 19.6 Å². The first-order valence-corrected chi connectivity index (χ1v) is 9.72. The van der Waals surface area contributed by atoms with E-state index in [1.54, 1.807) is 9.58 Å². The lowest BCUT2D eigenvalue weighted by molar-refractivity contribution is -0.153. The average Bonchev–Trinajstić information content (AvgIpc) is 3.03. The molecule has 3 rings (SSSR count). The number of nitrogens with zero attached hydrogens (tertiary/aromatic N) is 4. The normalized spacial score (nSPS) is 14.9. The van der Waals surface area contributed by atoms with Crippen LogP contribution in [0.5, 0.6) is 0 Å². The van der Waals surface area contributed by atoms with E-state index in [4.69, 9.17) is 4.74 Å². The lowest BCUT2D eigenvalue weighted by atomic mass is 10.2. The van der Waals surface area contributed by atoms with Crippen molar-refractivity contribution < 1.29 is 14.3 Å². The number of hydrogen-bond acceptors (Lipinski definition) is 5. The van der Waals surface area contributed by atoms with Crippen molar-refractivity contribution in [3.8, 4) is 0 Å². The third-order valence-electron chi connectivity index (χ3n) is 4.96. The molecule has 1 aromatic carbocycles. The maximum absolute atomic E-state index is 12.3. The molecule has 0 spiro atoms. The van der Waals surface area contributed by atoms with E-state index in [0.717, 1.165) is 31.0 Å². The first-order chi connectivity index (χ1) is 13.5. The summed E-state index contributed by atoms with van der Waals surface area (Å²) in [7, 11) is 0. The summed E-state index contributed by atoms with van der Waals surface area (Å²) in [5.74, 6) is -0.498. The monoisotopic (exact) mass is 384 g/mol. The van der Waals surface area contributed by atoms with Crippen molar-refractivity contribution in [2.24, 2.45) is 0 Å². The lowest BCUT2D eigenvalue weighted by Crippen LogP contribution is -2.49. The Balaban J connectivity index is 1.35. The molecule has 7 nitrogen and oxygen atoms in total. The first-order valence-electron chi connectivity index (χ1n) is 9.72. The third-order valence-corrected chi connectivity index (χ3v) is 4.96. The number of piperazine rings is 1. The smallest absolute Gasteiger partial charge is 0.308 e. The summed E-state index contributed by atoms with van der Waals surface area (Å²) in [4.78, 5) is 28.4. The molecule has 1 aliphatic heterocycles. The van der Waals surface area contributed by atoms with E-state index in [1.807, 2.05) is 38.1 Å². The highest BCUT2D eigenvalue weighted by molar-refractivity contribution is 5.80. The van der Waals surface area contributed by atoms with Crippen LogP contribution in [0.25, 0.3) is 0 Å². The Hall–Kier alpha value is -2.67. The zero-order valence-corrected chi connectivity index (χ0v) is 16.6. The number of hydrogen-bond donors (Lipinski definition) is 0. The van der Waals surface area contributed by atoms with Crippen molar-refractivity contribution >= 4 is 11.9 Å². The van der Waals surface area contributed by atoms with Crippen LogP contribution >= 0.6 is 0 Å². The lowest BCUT2D eigenvalue weighted by Gasteiger charge is -2.34. The summed E-state index contributed by atoms with van der Waals surface area (Å²) >= 11 is 0. The van der Waals surface area contributed by atoms with Crippen LogP contribution in [-0.4, -0.2) is 64.2 Å². The minimum Gasteiger partial charge on any atom is -0.456 e. The fraction of sp³-hybridized carbons (Fsp3) is 0.476. The maximum Gasteiger partial charge on any atom is 0.308 e. The summed E-state index contributed by atoms with van der Waals surface area (Å²) in [5.41, 5.74) is 3.21. The largest absolute Gasteiger partial charge is 0.456 e. The molecule has 1 fully saturated rings. The Kier molecular flexibility index (Phi) is 6.81. The average molecular weight is 384 g/mol. The van der Waals surface area contributed by atoms with Gasteiger partial charge >= 0.3 is 5.97 Å². The van der Waals surface area contributed by atoms with Gasteiger partial charge in [0.25, 0.3) is 5.91 Å². The molecule has 1 amide bonds. The molecule has 150 valence electrons. The Labute approximate surface area is 165 Å². The van der Waals surface area contributed by atoms with Crippen LogP contribution in [0.2, 0.25) is 0 Å². The molecule has 2 aromatic rings. The topological polar surface area (TPSA) is 67.7 Å². The second kappa shape index (κ2) is 9.50. The van der Waals surface area contributed by atoms with Crippen molar-refractivity contribution in [3.63, 3.8) is 0 Å². The quantitative estimate of drug-likeness (QED) is 0.681. The van der Waals surface area contributed by atoms with E-state index in [1.165, 1.54) is 5.56 Å². The fourth-order valence-electron chi connectivity index (χ4n) is 3.40. The van der Waals surface area contributed by atoms with Gasteiger partial charge in [0.1, 0.15) is 0 Å². The molecule has 0 aliphatic carbocycles. The van der Waals surface area contributed by atoms with Gasteiger partial charge in [-0.3, -0.25) is 19.2 Å². The number of aryl methyl sites for hydroxylation is 3. The van der Waals surface area contributed by atoms with Crippen molar-refractivity contribution in [1.82, 2.24) is 19.6 Å². The maximum atomic E-state index is 12.3. The molecule has 0 N–H and O–H groups in total. The van der Waals surface area contributed by atoms with Crippen LogP contribution in [0, 0.1) is 13.8 Å². The predicted octanol–water partition coefficient (Wildman–Crippen LogP) is 1.78. The Morgan fingerprint density at radius 2 is 1.79 bits per heavy atom. The van der Waals surface area contributed by atoms with Gasteiger partial charge in [-0.25, -0.2) is 0 Å². The number of ether oxygens (including phenoxy) is 1. The number of carbonyl (C=O) groups is 2. The SMILES string of the molecule is Cc1cc(C)n(CCC(=O)OCC(=O)N2CCN(Cc3ccccc3)CC2)n1. The van der Waals surface area contributed by atoms with Crippen LogP contribution < -0.4 is 0 Å². The fourth-order valence-corrected chi connectivity index (χ4v) is 3.40. The molecule has 0 unspecified atom stereocenters. The van der Waals surface area contributed by atoms with Crippen LogP contribution in [0.3, 0.4) is 0 Å². The van der Waals surface area contributed by atoms with E-state index in [-0.39, 0.29) is 24.9 Å². The highest BCUT2D eigenvalue weighted by atomic mass is 16.5. The Morgan fingerprint density at radius 1 is 1.07 bits per heavy atom. The summed E-state index contributed by atoms with van der Waals surface area (Å²) in [6.45, 7) is 8.01. The third kappa shape index (κ3) is 5.66. The van der Waals surface area contributed by atoms with Crippen molar-refractivity contribution in [2.45, 2.75) is 33.4 Å². The molecule has 2 heterocycles. The number of esters is 1. The highest BCUT2D eigenvalue weighted by Crippen LogP contribution is 2.09. The molecule has 0 bridgehead atoms. The molecule has 0 saturated carbocycles. The van der Waals surface area contributed by atoms with Crippen LogP contribution in [-0.2, 0) is 27.4 Å². The van der Waals surface area contributed by atoms with Gasteiger partial charge in [-0.1, -0.05) is 30.3 Å². The minimum absolute atomic E-state index is 0.126. The number of rotatable bonds is 7. The molecule has 7 heteroatoms. The van der Waals surface area contributed by atoms with E-state index in [9.17, 15) is 9.59 Å². The van der Waals surface area contributed by atoms with Crippen molar-refractivity contribution in [2.75, 3.05) is 32.8 Å². The Bertz CT molecular complexity index is 795. The molecule has 1 aliphatic rings. The summed E-state index contributed by atoms with van der Waals surface area (Å²) < 4.78 is 6.95. The zero-order chi connectivity index (χ0) is 19.9. The van der Waals surface area contributed by atoms with Crippen molar-refractivity contribution in [1.29, 1.82) is 0 Å². The van der Waals surface area contributed by atoms with Crippen LogP contribution in [0.4, 0.5) is 0 Å². The first kappa shape index (κ1) is 20.1. The second-order valence-electron chi connectivity index (χ2n) is 7.20. The van der Waals surface area contributed by atoms with Gasteiger partial charge < -0.3 is 9.64 Å². The number of aromatic nitrogens is 2. The number of benzene rings is 1. The van der Waals surface area contributed by atoms with Gasteiger partial charge in [0, 0.05) is 38.4 Å². The second-order valence-corrected chi connectivity index (χ2v) is 7.20. The molecule has 0 radical (unpaired) electrons. The summed E-state index contributed by atoms with van der Waals surface area (Å²) in [6, 6.07) is 12.3. The summed E-state index contributed by atoms with van der Waals surface area (Å²) in [6.07, 6.45) is 0.208. The highest BCUT2D eigenvalue weighted by Gasteiger charge is 2.22. The van der Waals surface area contributed by atoms with Crippen LogP contribution in [0.1, 0.15) is 23.4 Å². The standard InChI is InChI=1S/C21H28N4O3/c1-17-14-18(2)25(22-17)9-8-21(27)28-16-20(26)24-12-10-23(11-13-24)15-19-6-4-3-5-7-19/h3-7,14H,8-13,15-16H2,1-2H3. The van der Waals surface area contributed by atoms with Crippen LogP contribution in [0.15, 0.2) is 36.4 Å². The van der Waals surface area contributed by atoms with E-state index >= 15 is 0 Å². The van der Waals surface area contributed by atoms with E-state index in [2.05, 4.69) is 22.1 Å². The molecular weight excluding hydrogens is 356 g/mol. The number of carbonyl (C=O) groups excluding carboxylic acids is 2. The van der Waals surface area contributed by atoms with E-state index < -0.39 is 0 Å². The van der Waals surface area contributed by atoms with Gasteiger partial charge in [0.2, 0.25) is 0 Å². The molecule has 1 aromatic heterocycles. The van der Waals surface area contributed by atoms with Gasteiger partial charge in [-0.15, -0.1) is 0 Å². The zero-order valence-electron chi connectivity index (χ0n) is 16.6. The van der Waals surface area contributed by atoms with Gasteiger partial charge in [-0.05, 0) is 25.5 Å². The van der Waals surface area contributed by atoms with Gasteiger partial charge in [0.05, 0.1) is 18.7 Å². The predicted molar refractivity (Wildman–Crippen MR) is 106 cm³/mol. The van der Waals surface area contributed by atoms with Gasteiger partial charge in [0.15, 0.2) is 6.61 Å².